The Morgan fingerprint density at radius 3 is 2.78 bits per heavy atom. The lowest BCUT2D eigenvalue weighted by Gasteiger charge is -2.25. The molecule has 32 heavy (non-hydrogen) atoms. The van der Waals surface area contributed by atoms with Crippen LogP contribution in [-0.2, 0) is 11.2 Å². The van der Waals surface area contributed by atoms with Gasteiger partial charge < -0.3 is 19.7 Å². The number of amides is 2. The van der Waals surface area contributed by atoms with Gasteiger partial charge in [-0.15, -0.1) is 0 Å². The van der Waals surface area contributed by atoms with Gasteiger partial charge in [0.2, 0.25) is 5.91 Å². The lowest BCUT2D eigenvalue weighted by molar-refractivity contribution is -0.121. The second-order valence-electron chi connectivity index (χ2n) is 7.74. The summed E-state index contributed by atoms with van der Waals surface area (Å²) in [4.78, 5) is 26.7. The number of ether oxygens (including phenoxy) is 2. The molecule has 1 aliphatic rings. The third-order valence-corrected chi connectivity index (χ3v) is 5.35. The van der Waals surface area contributed by atoms with Crippen molar-refractivity contribution in [3.8, 4) is 22.6 Å². The Balaban J connectivity index is 1.53. The Morgan fingerprint density at radius 2 is 2.09 bits per heavy atom. The number of rotatable bonds is 5. The molecule has 0 spiro atoms. The fourth-order valence-corrected chi connectivity index (χ4v) is 3.63. The second kappa shape index (κ2) is 8.70. The number of hydrogen-bond acceptors (Lipinski definition) is 5. The van der Waals surface area contributed by atoms with Crippen LogP contribution in [0.1, 0.15) is 15.9 Å². The third-order valence-electron chi connectivity index (χ3n) is 5.35. The Kier molecular flexibility index (Phi) is 5.81. The fourth-order valence-electron chi connectivity index (χ4n) is 3.63. The number of hydrogen-bond donors (Lipinski definition) is 2. The molecule has 8 nitrogen and oxygen atoms in total. The average molecular weight is 438 g/mol. The number of aromatic amines is 1. The van der Waals surface area contributed by atoms with Gasteiger partial charge in [-0.05, 0) is 36.2 Å². The molecule has 2 N–H and O–H groups in total. The monoisotopic (exact) mass is 438 g/mol. The summed E-state index contributed by atoms with van der Waals surface area (Å²) in [5, 5.41) is 9.22. The molecule has 0 fully saturated rings. The predicted molar refractivity (Wildman–Crippen MR) is 116 cm³/mol. The maximum atomic E-state index is 14.7. The van der Waals surface area contributed by atoms with E-state index >= 15 is 0 Å². The highest BCUT2D eigenvalue weighted by atomic mass is 19.1. The summed E-state index contributed by atoms with van der Waals surface area (Å²) in [6, 6.07) is 7.94. The van der Waals surface area contributed by atoms with E-state index in [1.807, 2.05) is 0 Å². The van der Waals surface area contributed by atoms with E-state index in [-0.39, 0.29) is 24.1 Å². The predicted octanol–water partition coefficient (Wildman–Crippen LogP) is 3.12. The zero-order chi connectivity index (χ0) is 22.8. The normalized spacial score (nSPS) is 14.8. The first-order valence-electron chi connectivity index (χ1n) is 10.0. The lowest BCUT2D eigenvalue weighted by atomic mass is 9.94. The van der Waals surface area contributed by atoms with Crippen molar-refractivity contribution in [1.29, 1.82) is 0 Å². The van der Waals surface area contributed by atoms with E-state index in [2.05, 4.69) is 15.5 Å². The summed E-state index contributed by atoms with van der Waals surface area (Å²) in [5.41, 5.74) is 2.40. The summed E-state index contributed by atoms with van der Waals surface area (Å²) in [6.07, 6.45) is 3.47. The molecule has 2 aromatic carbocycles. The van der Waals surface area contributed by atoms with Crippen LogP contribution in [0.5, 0.6) is 11.5 Å². The lowest BCUT2D eigenvalue weighted by Crippen LogP contribution is -2.33. The number of carbonyl (C=O) groups is 2. The molecule has 2 heterocycles. The number of carbonyl (C=O) groups excluding carboxylic acids is 2. The first-order chi connectivity index (χ1) is 15.4. The van der Waals surface area contributed by atoms with Crippen molar-refractivity contribution in [3.05, 3.63) is 59.7 Å². The summed E-state index contributed by atoms with van der Waals surface area (Å²) in [7, 11) is 4.81. The molecule has 3 aromatic rings. The van der Waals surface area contributed by atoms with Gasteiger partial charge in [0.15, 0.2) is 0 Å². The van der Waals surface area contributed by atoms with E-state index in [4.69, 9.17) is 9.47 Å². The van der Waals surface area contributed by atoms with E-state index in [0.717, 1.165) is 5.56 Å². The SMILES string of the molecule is COc1cc(-c2cn[nH]c2)c(F)cc1NC(=O)C1COc2ccc(C(=O)N(C)C)cc2C1. The van der Waals surface area contributed by atoms with Crippen molar-refractivity contribution >= 4 is 17.5 Å². The number of fused-ring (bicyclic) bond motifs is 1. The van der Waals surface area contributed by atoms with Gasteiger partial charge in [0, 0.05) is 43.0 Å². The second-order valence-corrected chi connectivity index (χ2v) is 7.74. The minimum Gasteiger partial charge on any atom is -0.495 e. The molecule has 166 valence electrons. The van der Waals surface area contributed by atoms with Gasteiger partial charge in [0.25, 0.3) is 5.91 Å². The van der Waals surface area contributed by atoms with Crippen molar-refractivity contribution < 1.29 is 23.5 Å². The molecule has 1 aromatic heterocycles. The van der Waals surface area contributed by atoms with Gasteiger partial charge in [0.05, 0.1) is 24.9 Å². The van der Waals surface area contributed by atoms with Crippen LogP contribution in [0.15, 0.2) is 42.7 Å². The van der Waals surface area contributed by atoms with E-state index in [0.29, 0.717) is 34.6 Å². The molecule has 9 heteroatoms. The number of anilines is 1. The van der Waals surface area contributed by atoms with Crippen molar-refractivity contribution in [2.45, 2.75) is 6.42 Å². The van der Waals surface area contributed by atoms with Gasteiger partial charge in [-0.2, -0.15) is 5.10 Å². The third kappa shape index (κ3) is 4.14. The van der Waals surface area contributed by atoms with Crippen LogP contribution in [-0.4, -0.2) is 54.7 Å². The van der Waals surface area contributed by atoms with Crippen LogP contribution < -0.4 is 14.8 Å². The fraction of sp³-hybridized carbons (Fsp3) is 0.261. The van der Waals surface area contributed by atoms with E-state index in [1.165, 1.54) is 30.3 Å². The standard InChI is InChI=1S/C23H23FN4O4/c1-28(2)23(30)13-4-5-20-14(6-13)7-15(12-32-20)22(29)27-19-9-18(24)17(8-21(19)31-3)16-10-25-26-11-16/h4-6,8-11,15H,7,12H2,1-3H3,(H,25,26)(H,27,29). The number of H-pyrrole nitrogens is 1. The first-order valence-corrected chi connectivity index (χ1v) is 10.0. The highest BCUT2D eigenvalue weighted by Crippen LogP contribution is 2.34. The van der Waals surface area contributed by atoms with Crippen molar-refractivity contribution in [2.24, 2.45) is 5.92 Å². The highest BCUT2D eigenvalue weighted by Gasteiger charge is 2.28. The molecule has 1 unspecified atom stereocenters. The minimum absolute atomic E-state index is 0.128. The van der Waals surface area contributed by atoms with Gasteiger partial charge in [-0.3, -0.25) is 14.7 Å². The molecule has 4 rings (SSSR count). The number of halogens is 1. The van der Waals surface area contributed by atoms with Crippen LogP contribution in [0.25, 0.3) is 11.1 Å². The Labute approximate surface area is 184 Å². The van der Waals surface area contributed by atoms with Gasteiger partial charge in [0.1, 0.15) is 23.9 Å². The van der Waals surface area contributed by atoms with Gasteiger partial charge >= 0.3 is 0 Å². The van der Waals surface area contributed by atoms with Crippen LogP contribution in [0.2, 0.25) is 0 Å². The number of benzene rings is 2. The summed E-state index contributed by atoms with van der Waals surface area (Å²) < 4.78 is 25.8. The minimum atomic E-state index is -0.514. The van der Waals surface area contributed by atoms with Crippen molar-refractivity contribution in [1.82, 2.24) is 15.1 Å². The van der Waals surface area contributed by atoms with Crippen LogP contribution >= 0.6 is 0 Å². The Bertz CT molecular complexity index is 1160. The maximum Gasteiger partial charge on any atom is 0.253 e. The van der Waals surface area contributed by atoms with E-state index in [1.54, 1.807) is 38.5 Å². The van der Waals surface area contributed by atoms with Crippen LogP contribution in [0, 0.1) is 11.7 Å². The molecular formula is C23H23FN4O4. The topological polar surface area (TPSA) is 96.5 Å². The molecule has 0 saturated carbocycles. The highest BCUT2D eigenvalue weighted by molar-refractivity contribution is 5.96. The molecule has 0 radical (unpaired) electrons. The van der Waals surface area contributed by atoms with Crippen LogP contribution in [0.3, 0.4) is 0 Å². The smallest absolute Gasteiger partial charge is 0.253 e. The Hall–Kier alpha value is -3.88. The molecule has 1 aliphatic heterocycles. The molecule has 0 aliphatic carbocycles. The average Bonchev–Trinajstić information content (AvgIpc) is 3.32. The number of nitrogens with one attached hydrogen (secondary N) is 2. The molecular weight excluding hydrogens is 415 g/mol. The van der Waals surface area contributed by atoms with E-state index < -0.39 is 11.7 Å². The molecule has 1 atom stereocenters. The summed E-state index contributed by atoms with van der Waals surface area (Å²) in [5.74, 6) is -0.497. The maximum absolute atomic E-state index is 14.7. The van der Waals surface area contributed by atoms with E-state index in [9.17, 15) is 14.0 Å². The number of aromatic nitrogens is 2. The Morgan fingerprint density at radius 1 is 1.28 bits per heavy atom. The molecule has 0 bridgehead atoms. The summed E-state index contributed by atoms with van der Waals surface area (Å²) in [6.45, 7) is 0.178. The van der Waals surface area contributed by atoms with Crippen molar-refractivity contribution in [2.75, 3.05) is 33.1 Å². The van der Waals surface area contributed by atoms with Gasteiger partial charge in [-0.1, -0.05) is 0 Å². The largest absolute Gasteiger partial charge is 0.495 e. The number of nitrogens with zero attached hydrogens (tertiary/aromatic N) is 2. The van der Waals surface area contributed by atoms with Gasteiger partial charge in [-0.25, -0.2) is 4.39 Å². The van der Waals surface area contributed by atoms with Crippen LogP contribution in [0.4, 0.5) is 10.1 Å². The van der Waals surface area contributed by atoms with Crippen molar-refractivity contribution in [3.63, 3.8) is 0 Å². The molecule has 0 saturated heterocycles. The first kappa shape index (κ1) is 21.4. The number of methoxy groups -OCH3 is 1. The molecule has 2 amide bonds. The quantitative estimate of drug-likeness (QED) is 0.638. The zero-order valence-electron chi connectivity index (χ0n) is 17.9. The zero-order valence-corrected chi connectivity index (χ0v) is 17.9. The summed E-state index contributed by atoms with van der Waals surface area (Å²) >= 11 is 0.